The van der Waals surface area contributed by atoms with Crippen LogP contribution in [0.4, 0.5) is 0 Å². The van der Waals surface area contributed by atoms with Gasteiger partial charge < -0.3 is 10.1 Å². The molecular formula is C11H10N4O2. The zero-order chi connectivity index (χ0) is 12.1. The van der Waals surface area contributed by atoms with Crippen LogP contribution in [0.3, 0.4) is 0 Å². The van der Waals surface area contributed by atoms with Gasteiger partial charge in [0.1, 0.15) is 12.0 Å². The quantitative estimate of drug-likeness (QED) is 0.744. The summed E-state index contributed by atoms with van der Waals surface area (Å²) in [7, 11) is 0. The Kier molecular flexibility index (Phi) is 3.25. The van der Waals surface area contributed by atoms with Gasteiger partial charge in [-0.25, -0.2) is 0 Å². The minimum absolute atomic E-state index is 0.0138. The fraction of sp³-hybridized carbons (Fsp3) is 0.0909. The first-order valence-electron chi connectivity index (χ1n) is 4.99. The predicted octanol–water partition coefficient (Wildman–Crippen LogP) is 0.400. The van der Waals surface area contributed by atoms with E-state index in [1.54, 1.807) is 24.5 Å². The van der Waals surface area contributed by atoms with E-state index in [1.165, 1.54) is 0 Å². The molecule has 6 nitrogen and oxygen atoms in total. The maximum absolute atomic E-state index is 11.5. The van der Waals surface area contributed by atoms with E-state index >= 15 is 0 Å². The van der Waals surface area contributed by atoms with Crippen molar-refractivity contribution < 1.29 is 9.59 Å². The van der Waals surface area contributed by atoms with Crippen molar-refractivity contribution >= 4 is 12.2 Å². The Morgan fingerprint density at radius 2 is 2.41 bits per heavy atom. The summed E-state index contributed by atoms with van der Waals surface area (Å²) < 4.78 is 0. The molecule has 2 rings (SSSR count). The number of amides is 1. The SMILES string of the molecule is O=CCNC(=O)c1cc(-c2cccnc2)n[nH]1. The molecule has 0 saturated heterocycles. The van der Waals surface area contributed by atoms with Crippen molar-refractivity contribution in [3.63, 3.8) is 0 Å². The number of rotatable bonds is 4. The van der Waals surface area contributed by atoms with Gasteiger partial charge in [0.25, 0.3) is 5.91 Å². The predicted molar refractivity (Wildman–Crippen MR) is 60.2 cm³/mol. The van der Waals surface area contributed by atoms with Gasteiger partial charge in [-0.3, -0.25) is 14.9 Å². The van der Waals surface area contributed by atoms with Crippen LogP contribution in [0.5, 0.6) is 0 Å². The Morgan fingerprint density at radius 3 is 3.12 bits per heavy atom. The lowest BCUT2D eigenvalue weighted by Crippen LogP contribution is -2.25. The molecule has 2 N–H and O–H groups in total. The summed E-state index contributed by atoms with van der Waals surface area (Å²) in [6.07, 6.45) is 3.94. The van der Waals surface area contributed by atoms with Crippen molar-refractivity contribution in [3.05, 3.63) is 36.3 Å². The molecule has 0 unspecified atom stereocenters. The van der Waals surface area contributed by atoms with Gasteiger partial charge in [0.2, 0.25) is 0 Å². The van der Waals surface area contributed by atoms with E-state index in [-0.39, 0.29) is 12.5 Å². The minimum atomic E-state index is -0.361. The van der Waals surface area contributed by atoms with Crippen LogP contribution in [-0.2, 0) is 4.79 Å². The molecule has 2 aromatic heterocycles. The van der Waals surface area contributed by atoms with Gasteiger partial charge in [-0.15, -0.1) is 0 Å². The molecule has 0 spiro atoms. The van der Waals surface area contributed by atoms with E-state index in [0.29, 0.717) is 17.7 Å². The lowest BCUT2D eigenvalue weighted by Gasteiger charge is -1.95. The number of nitrogens with one attached hydrogen (secondary N) is 2. The number of nitrogens with zero attached hydrogens (tertiary/aromatic N) is 2. The van der Waals surface area contributed by atoms with E-state index in [1.807, 2.05) is 6.07 Å². The number of pyridine rings is 1. The third kappa shape index (κ3) is 2.54. The molecule has 17 heavy (non-hydrogen) atoms. The standard InChI is InChI=1S/C11H10N4O2/c16-5-4-13-11(17)10-6-9(14-15-10)8-2-1-3-12-7-8/h1-3,5-7H,4H2,(H,13,17)(H,14,15). The number of carbonyl (C=O) groups excluding carboxylic acids is 2. The molecule has 0 saturated carbocycles. The lowest BCUT2D eigenvalue weighted by atomic mass is 10.2. The maximum atomic E-state index is 11.5. The van der Waals surface area contributed by atoms with Crippen LogP contribution in [0.2, 0.25) is 0 Å². The topological polar surface area (TPSA) is 87.7 Å². The molecule has 0 radical (unpaired) electrons. The first kappa shape index (κ1) is 11.0. The summed E-state index contributed by atoms with van der Waals surface area (Å²) in [4.78, 5) is 25.6. The van der Waals surface area contributed by atoms with E-state index in [2.05, 4.69) is 20.5 Å². The van der Waals surface area contributed by atoms with Crippen LogP contribution in [0.1, 0.15) is 10.5 Å². The van der Waals surface area contributed by atoms with Gasteiger partial charge >= 0.3 is 0 Å². The highest BCUT2D eigenvalue weighted by molar-refractivity contribution is 5.94. The maximum Gasteiger partial charge on any atom is 0.269 e. The van der Waals surface area contributed by atoms with Crippen molar-refractivity contribution in [1.82, 2.24) is 20.5 Å². The number of carbonyl (C=O) groups is 2. The summed E-state index contributed by atoms with van der Waals surface area (Å²) in [5, 5.41) is 9.03. The average molecular weight is 230 g/mol. The first-order chi connectivity index (χ1) is 8.31. The number of aldehydes is 1. The second-order valence-electron chi connectivity index (χ2n) is 3.29. The van der Waals surface area contributed by atoms with Gasteiger partial charge in [0.15, 0.2) is 0 Å². The largest absolute Gasteiger partial charge is 0.344 e. The fourth-order valence-corrected chi connectivity index (χ4v) is 1.33. The second-order valence-corrected chi connectivity index (χ2v) is 3.29. The Balaban J connectivity index is 2.16. The van der Waals surface area contributed by atoms with Crippen molar-refractivity contribution in [3.8, 4) is 11.3 Å². The number of H-pyrrole nitrogens is 1. The number of hydrogen-bond donors (Lipinski definition) is 2. The van der Waals surface area contributed by atoms with Crippen molar-refractivity contribution in [2.45, 2.75) is 0 Å². The third-order valence-corrected chi connectivity index (χ3v) is 2.13. The highest BCUT2D eigenvalue weighted by Gasteiger charge is 2.09. The van der Waals surface area contributed by atoms with Crippen LogP contribution in [-0.4, -0.2) is 33.9 Å². The lowest BCUT2D eigenvalue weighted by molar-refractivity contribution is -0.107. The van der Waals surface area contributed by atoms with Crippen molar-refractivity contribution in [1.29, 1.82) is 0 Å². The normalized spacial score (nSPS) is 9.88. The summed E-state index contributed by atoms with van der Waals surface area (Å²) in [6.45, 7) is -0.0138. The molecule has 2 aromatic rings. The zero-order valence-electron chi connectivity index (χ0n) is 8.88. The summed E-state index contributed by atoms with van der Waals surface area (Å²) in [5.74, 6) is -0.361. The van der Waals surface area contributed by atoms with Crippen LogP contribution in [0, 0.1) is 0 Å². The van der Waals surface area contributed by atoms with Gasteiger partial charge in [0, 0.05) is 18.0 Å². The molecule has 0 aromatic carbocycles. The molecular weight excluding hydrogens is 220 g/mol. The zero-order valence-corrected chi connectivity index (χ0v) is 8.88. The monoisotopic (exact) mass is 230 g/mol. The van der Waals surface area contributed by atoms with E-state index in [0.717, 1.165) is 5.56 Å². The molecule has 0 aliphatic heterocycles. The highest BCUT2D eigenvalue weighted by atomic mass is 16.2. The average Bonchev–Trinajstić information content (AvgIpc) is 2.86. The molecule has 86 valence electrons. The van der Waals surface area contributed by atoms with Crippen LogP contribution >= 0.6 is 0 Å². The summed E-state index contributed by atoms with van der Waals surface area (Å²) >= 11 is 0. The molecule has 0 bridgehead atoms. The molecule has 1 amide bonds. The fourth-order valence-electron chi connectivity index (χ4n) is 1.33. The molecule has 6 heteroatoms. The van der Waals surface area contributed by atoms with Crippen molar-refractivity contribution in [2.75, 3.05) is 6.54 Å². The van der Waals surface area contributed by atoms with E-state index in [9.17, 15) is 9.59 Å². The Hall–Kier alpha value is -2.50. The molecule has 2 heterocycles. The van der Waals surface area contributed by atoms with Crippen molar-refractivity contribution in [2.24, 2.45) is 0 Å². The Labute approximate surface area is 97.1 Å². The third-order valence-electron chi connectivity index (χ3n) is 2.13. The minimum Gasteiger partial charge on any atom is -0.344 e. The number of aromatic amines is 1. The number of aromatic nitrogens is 3. The Bertz CT molecular complexity index is 521. The summed E-state index contributed by atoms with van der Waals surface area (Å²) in [6, 6.07) is 5.24. The highest BCUT2D eigenvalue weighted by Crippen LogP contribution is 2.15. The van der Waals surface area contributed by atoms with Gasteiger partial charge in [-0.05, 0) is 18.2 Å². The number of hydrogen-bond acceptors (Lipinski definition) is 4. The summed E-state index contributed by atoms with van der Waals surface area (Å²) in [5.41, 5.74) is 1.76. The molecule has 0 fully saturated rings. The van der Waals surface area contributed by atoms with Crippen LogP contribution < -0.4 is 5.32 Å². The Morgan fingerprint density at radius 1 is 1.53 bits per heavy atom. The molecule has 0 aliphatic rings. The van der Waals surface area contributed by atoms with E-state index in [4.69, 9.17) is 0 Å². The van der Waals surface area contributed by atoms with E-state index < -0.39 is 0 Å². The van der Waals surface area contributed by atoms with Crippen LogP contribution in [0.25, 0.3) is 11.3 Å². The molecule has 0 aliphatic carbocycles. The van der Waals surface area contributed by atoms with Gasteiger partial charge in [0.05, 0.1) is 12.2 Å². The second kappa shape index (κ2) is 5.02. The molecule has 0 atom stereocenters. The van der Waals surface area contributed by atoms with Crippen LogP contribution in [0.15, 0.2) is 30.6 Å². The smallest absolute Gasteiger partial charge is 0.269 e. The first-order valence-corrected chi connectivity index (χ1v) is 4.99. The van der Waals surface area contributed by atoms with Gasteiger partial charge in [-0.1, -0.05) is 0 Å². The van der Waals surface area contributed by atoms with Gasteiger partial charge in [-0.2, -0.15) is 5.10 Å².